The summed E-state index contributed by atoms with van der Waals surface area (Å²) in [4.78, 5) is 22.9. The minimum Gasteiger partial charge on any atom is -0.493 e. The first-order valence-corrected chi connectivity index (χ1v) is 8.12. The van der Waals surface area contributed by atoms with Gasteiger partial charge in [0.25, 0.3) is 0 Å². The van der Waals surface area contributed by atoms with Crippen molar-refractivity contribution in [2.24, 2.45) is 5.92 Å². The number of amides is 2. The van der Waals surface area contributed by atoms with Crippen molar-refractivity contribution in [2.45, 2.75) is 37.6 Å². The van der Waals surface area contributed by atoms with Crippen molar-refractivity contribution in [1.29, 1.82) is 0 Å². The summed E-state index contributed by atoms with van der Waals surface area (Å²) in [6, 6.07) is 7.76. The second kappa shape index (κ2) is 6.89. The summed E-state index contributed by atoms with van der Waals surface area (Å²) in [5.41, 5.74) is 1.13. The van der Waals surface area contributed by atoms with Crippen LogP contribution in [-0.2, 0) is 4.79 Å². The van der Waals surface area contributed by atoms with Gasteiger partial charge in [0, 0.05) is 24.1 Å². The molecule has 23 heavy (non-hydrogen) atoms. The van der Waals surface area contributed by atoms with Crippen molar-refractivity contribution >= 4 is 12.0 Å². The van der Waals surface area contributed by atoms with E-state index in [1.807, 2.05) is 24.3 Å². The first-order valence-electron chi connectivity index (χ1n) is 8.12. The second-order valence-electron chi connectivity index (χ2n) is 6.29. The van der Waals surface area contributed by atoms with Gasteiger partial charge in [-0.25, -0.2) is 4.79 Å². The van der Waals surface area contributed by atoms with Gasteiger partial charge in [-0.15, -0.1) is 0 Å². The predicted octanol–water partition coefficient (Wildman–Crippen LogP) is 2.11. The SMILES string of the molecule is O=C(NCC1COc2ccccc21)NC1CCC(C(=O)O)CC1. The van der Waals surface area contributed by atoms with Gasteiger partial charge in [0.1, 0.15) is 5.75 Å². The van der Waals surface area contributed by atoms with Crippen LogP contribution in [0.2, 0.25) is 0 Å². The van der Waals surface area contributed by atoms with Crippen molar-refractivity contribution in [2.75, 3.05) is 13.2 Å². The van der Waals surface area contributed by atoms with E-state index in [1.54, 1.807) is 0 Å². The van der Waals surface area contributed by atoms with Crippen LogP contribution in [0.5, 0.6) is 5.75 Å². The number of hydrogen-bond acceptors (Lipinski definition) is 3. The van der Waals surface area contributed by atoms with Gasteiger partial charge in [-0.05, 0) is 31.7 Å². The van der Waals surface area contributed by atoms with Crippen LogP contribution in [-0.4, -0.2) is 36.3 Å². The molecule has 2 aliphatic rings. The number of rotatable bonds is 4. The van der Waals surface area contributed by atoms with E-state index in [2.05, 4.69) is 10.6 Å². The highest BCUT2D eigenvalue weighted by molar-refractivity contribution is 5.74. The molecule has 124 valence electrons. The highest BCUT2D eigenvalue weighted by Crippen LogP contribution is 2.32. The molecule has 1 aromatic rings. The van der Waals surface area contributed by atoms with E-state index in [4.69, 9.17) is 9.84 Å². The number of carboxylic acids is 1. The second-order valence-corrected chi connectivity index (χ2v) is 6.29. The molecule has 0 saturated heterocycles. The fourth-order valence-corrected chi connectivity index (χ4v) is 3.34. The van der Waals surface area contributed by atoms with Crippen LogP contribution >= 0.6 is 0 Å². The molecule has 1 aliphatic heterocycles. The molecular formula is C17H22N2O4. The Balaban J connectivity index is 1.42. The van der Waals surface area contributed by atoms with E-state index in [0.717, 1.165) is 24.2 Å². The normalized spacial score (nSPS) is 26.0. The number of carbonyl (C=O) groups excluding carboxylic acids is 1. The number of fused-ring (bicyclic) bond motifs is 1. The lowest BCUT2D eigenvalue weighted by atomic mass is 9.86. The average Bonchev–Trinajstić information content (AvgIpc) is 2.97. The number of nitrogens with one attached hydrogen (secondary N) is 2. The molecule has 0 bridgehead atoms. The summed E-state index contributed by atoms with van der Waals surface area (Å²) in [6.45, 7) is 1.12. The number of para-hydroxylation sites is 1. The molecule has 2 amide bonds. The minimum absolute atomic E-state index is 0.0673. The smallest absolute Gasteiger partial charge is 0.315 e. The van der Waals surface area contributed by atoms with Crippen LogP contribution < -0.4 is 15.4 Å². The number of benzene rings is 1. The third-order valence-corrected chi connectivity index (χ3v) is 4.72. The summed E-state index contributed by atoms with van der Waals surface area (Å²) in [6.07, 6.45) is 2.70. The van der Waals surface area contributed by atoms with E-state index in [-0.39, 0.29) is 23.9 Å². The monoisotopic (exact) mass is 318 g/mol. The Bertz CT molecular complexity index is 582. The molecule has 1 saturated carbocycles. The van der Waals surface area contributed by atoms with E-state index >= 15 is 0 Å². The highest BCUT2D eigenvalue weighted by atomic mass is 16.5. The zero-order valence-electron chi connectivity index (χ0n) is 13.0. The van der Waals surface area contributed by atoms with Crippen LogP contribution in [0.25, 0.3) is 0 Å². The fraction of sp³-hybridized carbons (Fsp3) is 0.529. The summed E-state index contributed by atoms with van der Waals surface area (Å²) >= 11 is 0. The predicted molar refractivity (Wildman–Crippen MR) is 84.6 cm³/mol. The van der Waals surface area contributed by atoms with Crippen LogP contribution in [0.15, 0.2) is 24.3 Å². The molecule has 3 rings (SSSR count). The zero-order chi connectivity index (χ0) is 16.2. The molecule has 0 aromatic heterocycles. The van der Waals surface area contributed by atoms with E-state index < -0.39 is 5.97 Å². The van der Waals surface area contributed by atoms with Gasteiger partial charge in [0.05, 0.1) is 12.5 Å². The van der Waals surface area contributed by atoms with Crippen molar-refractivity contribution in [3.63, 3.8) is 0 Å². The summed E-state index contributed by atoms with van der Waals surface area (Å²) < 4.78 is 5.60. The lowest BCUT2D eigenvalue weighted by Crippen LogP contribution is -2.45. The van der Waals surface area contributed by atoms with Crippen LogP contribution in [0, 0.1) is 5.92 Å². The Labute approximate surface area is 135 Å². The van der Waals surface area contributed by atoms with Crippen LogP contribution in [0.1, 0.15) is 37.2 Å². The lowest BCUT2D eigenvalue weighted by Gasteiger charge is -2.27. The Morgan fingerprint density at radius 1 is 1.17 bits per heavy atom. The minimum atomic E-state index is -0.729. The number of aliphatic carboxylic acids is 1. The van der Waals surface area contributed by atoms with E-state index in [0.29, 0.717) is 26.0 Å². The number of hydrogen-bond donors (Lipinski definition) is 3. The Morgan fingerprint density at radius 3 is 2.65 bits per heavy atom. The fourth-order valence-electron chi connectivity index (χ4n) is 3.34. The number of carbonyl (C=O) groups is 2. The molecule has 1 unspecified atom stereocenters. The topological polar surface area (TPSA) is 87.7 Å². The van der Waals surface area contributed by atoms with E-state index in [1.165, 1.54) is 0 Å². The van der Waals surface area contributed by atoms with E-state index in [9.17, 15) is 9.59 Å². The van der Waals surface area contributed by atoms with Gasteiger partial charge in [-0.3, -0.25) is 4.79 Å². The van der Waals surface area contributed by atoms with Crippen molar-refractivity contribution in [1.82, 2.24) is 10.6 Å². The van der Waals surface area contributed by atoms with Crippen LogP contribution in [0.3, 0.4) is 0 Å². The third-order valence-electron chi connectivity index (χ3n) is 4.72. The first-order chi connectivity index (χ1) is 11.1. The Morgan fingerprint density at radius 2 is 1.91 bits per heavy atom. The Kier molecular flexibility index (Phi) is 4.69. The average molecular weight is 318 g/mol. The molecule has 0 radical (unpaired) electrons. The molecular weight excluding hydrogens is 296 g/mol. The largest absolute Gasteiger partial charge is 0.493 e. The first kappa shape index (κ1) is 15.6. The van der Waals surface area contributed by atoms with Crippen molar-refractivity contribution < 1.29 is 19.4 Å². The molecule has 1 aliphatic carbocycles. The quantitative estimate of drug-likeness (QED) is 0.793. The maximum Gasteiger partial charge on any atom is 0.315 e. The lowest BCUT2D eigenvalue weighted by molar-refractivity contribution is -0.142. The third kappa shape index (κ3) is 3.75. The zero-order valence-corrected chi connectivity index (χ0v) is 13.0. The van der Waals surface area contributed by atoms with Crippen molar-refractivity contribution in [3.8, 4) is 5.75 Å². The van der Waals surface area contributed by atoms with Gasteiger partial charge in [-0.1, -0.05) is 18.2 Å². The van der Waals surface area contributed by atoms with Crippen LogP contribution in [0.4, 0.5) is 4.79 Å². The van der Waals surface area contributed by atoms with Gasteiger partial charge in [0.2, 0.25) is 0 Å². The maximum atomic E-state index is 12.0. The number of urea groups is 1. The van der Waals surface area contributed by atoms with Gasteiger partial charge in [0.15, 0.2) is 0 Å². The van der Waals surface area contributed by atoms with Gasteiger partial charge >= 0.3 is 12.0 Å². The van der Waals surface area contributed by atoms with Crippen molar-refractivity contribution in [3.05, 3.63) is 29.8 Å². The molecule has 1 fully saturated rings. The molecule has 6 nitrogen and oxygen atoms in total. The highest BCUT2D eigenvalue weighted by Gasteiger charge is 2.27. The van der Waals surface area contributed by atoms with Gasteiger partial charge < -0.3 is 20.5 Å². The summed E-state index contributed by atoms with van der Waals surface area (Å²) in [5.74, 6) is 0.0856. The molecule has 0 spiro atoms. The van der Waals surface area contributed by atoms with Gasteiger partial charge in [-0.2, -0.15) is 0 Å². The number of carboxylic acid groups (broad SMARTS) is 1. The molecule has 3 N–H and O–H groups in total. The molecule has 1 atom stereocenters. The standard InChI is InChI=1S/C17H22N2O4/c20-16(21)11-5-7-13(8-6-11)19-17(22)18-9-12-10-23-15-4-2-1-3-14(12)15/h1-4,11-13H,5-10H2,(H,20,21)(H2,18,19,22). The summed E-state index contributed by atoms with van der Waals surface area (Å²) in [7, 11) is 0. The Hall–Kier alpha value is -2.24. The molecule has 1 aromatic carbocycles. The maximum absolute atomic E-state index is 12.0. The molecule has 1 heterocycles. The molecule has 6 heteroatoms. The summed E-state index contributed by atoms with van der Waals surface area (Å²) in [5, 5.41) is 14.8. The number of ether oxygens (including phenoxy) is 1.